The number of methoxy groups -OCH3 is 2. The molecule has 1 heterocycles. The van der Waals surface area contributed by atoms with Crippen LogP contribution in [0.5, 0.6) is 11.5 Å². The smallest absolute Gasteiger partial charge is 0.187 e. The zero-order valence-electron chi connectivity index (χ0n) is 15.9. The number of nitrogens with zero attached hydrogens (tertiary/aromatic N) is 1. The fourth-order valence-electron chi connectivity index (χ4n) is 3.31. The molecule has 27 heavy (non-hydrogen) atoms. The van der Waals surface area contributed by atoms with Gasteiger partial charge in [0.05, 0.1) is 25.9 Å². The van der Waals surface area contributed by atoms with E-state index in [2.05, 4.69) is 25.2 Å². The number of carbonyl (C=O) groups is 1. The maximum atomic E-state index is 12.8. The minimum Gasteiger partial charge on any atom is -0.493 e. The van der Waals surface area contributed by atoms with Crippen molar-refractivity contribution in [1.29, 1.82) is 5.26 Å². The summed E-state index contributed by atoms with van der Waals surface area (Å²) in [5.74, 6) is 1.17. The third-order valence-electron chi connectivity index (χ3n) is 4.58. The van der Waals surface area contributed by atoms with Crippen molar-refractivity contribution < 1.29 is 14.3 Å². The molecule has 0 fully saturated rings. The molecule has 5 nitrogen and oxygen atoms in total. The Hall–Kier alpha value is -3.26. The fraction of sp³-hybridized carbons (Fsp3) is 0.273. The molecule has 0 unspecified atom stereocenters. The number of rotatable bonds is 4. The molecule has 0 spiro atoms. The SMILES string of the molecule is COc1cc2c(cc1OC)C(=CC(=O)c1ccc(C#N)cc1)NC(C)(C)C2. The van der Waals surface area contributed by atoms with Crippen molar-refractivity contribution in [3.8, 4) is 17.6 Å². The summed E-state index contributed by atoms with van der Waals surface area (Å²) in [6.45, 7) is 4.18. The van der Waals surface area contributed by atoms with Gasteiger partial charge >= 0.3 is 0 Å². The molecule has 0 saturated heterocycles. The molecule has 0 amide bonds. The van der Waals surface area contributed by atoms with Crippen molar-refractivity contribution >= 4 is 11.5 Å². The van der Waals surface area contributed by atoms with Crippen LogP contribution < -0.4 is 14.8 Å². The van der Waals surface area contributed by atoms with Gasteiger partial charge in [-0.3, -0.25) is 4.79 Å². The molecule has 0 aliphatic carbocycles. The fourth-order valence-corrected chi connectivity index (χ4v) is 3.31. The number of hydrogen-bond acceptors (Lipinski definition) is 5. The molecule has 0 radical (unpaired) electrons. The lowest BCUT2D eigenvalue weighted by Crippen LogP contribution is -2.43. The first-order valence-corrected chi connectivity index (χ1v) is 8.66. The lowest BCUT2D eigenvalue weighted by atomic mass is 9.85. The van der Waals surface area contributed by atoms with Crippen molar-refractivity contribution in [1.82, 2.24) is 5.32 Å². The summed E-state index contributed by atoms with van der Waals surface area (Å²) in [6.07, 6.45) is 2.40. The molecule has 0 bridgehead atoms. The van der Waals surface area contributed by atoms with E-state index in [0.717, 1.165) is 23.2 Å². The second-order valence-corrected chi connectivity index (χ2v) is 7.16. The van der Waals surface area contributed by atoms with Gasteiger partial charge < -0.3 is 14.8 Å². The highest BCUT2D eigenvalue weighted by Gasteiger charge is 2.29. The zero-order chi connectivity index (χ0) is 19.6. The molecule has 1 aliphatic rings. The lowest BCUT2D eigenvalue weighted by Gasteiger charge is -2.36. The molecule has 0 atom stereocenters. The van der Waals surface area contributed by atoms with Crippen molar-refractivity contribution in [3.05, 3.63) is 64.7 Å². The summed E-state index contributed by atoms with van der Waals surface area (Å²) in [4.78, 5) is 12.8. The van der Waals surface area contributed by atoms with Crippen molar-refractivity contribution in [3.63, 3.8) is 0 Å². The lowest BCUT2D eigenvalue weighted by molar-refractivity contribution is 0.104. The van der Waals surface area contributed by atoms with Gasteiger partial charge in [0, 0.05) is 28.4 Å². The Morgan fingerprint density at radius 1 is 1.15 bits per heavy atom. The second-order valence-electron chi connectivity index (χ2n) is 7.16. The first-order chi connectivity index (χ1) is 12.9. The Balaban J connectivity index is 2.05. The summed E-state index contributed by atoms with van der Waals surface area (Å²) in [6, 6.07) is 12.5. The van der Waals surface area contributed by atoms with E-state index in [4.69, 9.17) is 14.7 Å². The number of fused-ring (bicyclic) bond motifs is 1. The first kappa shape index (κ1) is 18.5. The molecular formula is C22H22N2O3. The number of carbonyl (C=O) groups excluding carboxylic acids is 1. The van der Waals surface area contributed by atoms with E-state index in [-0.39, 0.29) is 11.3 Å². The summed E-state index contributed by atoms with van der Waals surface area (Å²) in [7, 11) is 3.21. The molecule has 138 valence electrons. The highest BCUT2D eigenvalue weighted by molar-refractivity contribution is 6.08. The molecule has 2 aromatic rings. The molecule has 5 heteroatoms. The van der Waals surface area contributed by atoms with Gasteiger partial charge in [-0.2, -0.15) is 5.26 Å². The van der Waals surface area contributed by atoms with Crippen LogP contribution in [-0.2, 0) is 6.42 Å². The van der Waals surface area contributed by atoms with Gasteiger partial charge in [0.25, 0.3) is 0 Å². The average molecular weight is 362 g/mol. The number of ketones is 1. The zero-order valence-corrected chi connectivity index (χ0v) is 15.9. The summed E-state index contributed by atoms with van der Waals surface area (Å²) in [5, 5.41) is 12.4. The van der Waals surface area contributed by atoms with Gasteiger partial charge in [0.15, 0.2) is 17.3 Å². The second kappa shape index (κ2) is 7.16. The Labute approximate surface area is 159 Å². The molecule has 0 saturated carbocycles. The Morgan fingerprint density at radius 3 is 2.37 bits per heavy atom. The average Bonchev–Trinajstić information content (AvgIpc) is 2.66. The minimum absolute atomic E-state index is 0.125. The largest absolute Gasteiger partial charge is 0.493 e. The van der Waals surface area contributed by atoms with E-state index < -0.39 is 0 Å². The Kier molecular flexibility index (Phi) is 4.91. The van der Waals surface area contributed by atoms with E-state index >= 15 is 0 Å². The number of ether oxygens (including phenoxy) is 2. The summed E-state index contributed by atoms with van der Waals surface area (Å²) < 4.78 is 10.8. The molecule has 0 aromatic heterocycles. The van der Waals surface area contributed by atoms with Crippen molar-refractivity contribution in [2.45, 2.75) is 25.8 Å². The quantitative estimate of drug-likeness (QED) is 0.663. The van der Waals surface area contributed by atoms with Crippen molar-refractivity contribution in [2.75, 3.05) is 14.2 Å². The van der Waals surface area contributed by atoms with Crippen LogP contribution in [0, 0.1) is 11.3 Å². The standard InChI is InChI=1S/C22H22N2O3/c1-22(2)12-16-9-20(26-3)21(27-4)10-17(16)18(24-22)11-19(25)15-7-5-14(13-23)6-8-15/h5-11,24H,12H2,1-4H3. The predicted molar refractivity (Wildman–Crippen MR) is 104 cm³/mol. The molecular weight excluding hydrogens is 340 g/mol. The van der Waals surface area contributed by atoms with Crippen LogP contribution >= 0.6 is 0 Å². The normalized spacial score (nSPS) is 16.0. The van der Waals surface area contributed by atoms with Gasteiger partial charge in [-0.25, -0.2) is 0 Å². The number of benzene rings is 2. The van der Waals surface area contributed by atoms with Crippen LogP contribution in [0.2, 0.25) is 0 Å². The number of nitriles is 1. The molecule has 1 N–H and O–H groups in total. The third kappa shape index (κ3) is 3.80. The van der Waals surface area contributed by atoms with Crippen LogP contribution in [0.3, 0.4) is 0 Å². The van der Waals surface area contributed by atoms with Crippen molar-refractivity contribution in [2.24, 2.45) is 0 Å². The summed E-state index contributed by atoms with van der Waals surface area (Å²) >= 11 is 0. The minimum atomic E-state index is -0.205. The highest BCUT2D eigenvalue weighted by atomic mass is 16.5. The van der Waals surface area contributed by atoms with Crippen LogP contribution in [0.1, 0.15) is 40.9 Å². The number of hydrogen-bond donors (Lipinski definition) is 1. The Morgan fingerprint density at radius 2 is 1.78 bits per heavy atom. The maximum Gasteiger partial charge on any atom is 0.187 e. The van der Waals surface area contributed by atoms with E-state index in [1.807, 2.05) is 12.1 Å². The molecule has 2 aromatic carbocycles. The van der Waals surface area contributed by atoms with E-state index in [1.165, 1.54) is 0 Å². The highest BCUT2D eigenvalue weighted by Crippen LogP contribution is 2.38. The van der Waals surface area contributed by atoms with Gasteiger partial charge in [-0.1, -0.05) is 0 Å². The van der Waals surface area contributed by atoms with E-state index in [9.17, 15) is 4.79 Å². The molecule has 1 aliphatic heterocycles. The first-order valence-electron chi connectivity index (χ1n) is 8.66. The van der Waals surface area contributed by atoms with Crippen LogP contribution in [0.25, 0.3) is 5.70 Å². The number of allylic oxidation sites excluding steroid dienone is 1. The van der Waals surface area contributed by atoms with Crippen LogP contribution in [0.4, 0.5) is 0 Å². The third-order valence-corrected chi connectivity index (χ3v) is 4.58. The molecule has 3 rings (SSSR count). The van der Waals surface area contributed by atoms with Crippen LogP contribution in [0.15, 0.2) is 42.5 Å². The predicted octanol–water partition coefficient (Wildman–Crippen LogP) is 3.72. The Bertz CT molecular complexity index is 951. The van der Waals surface area contributed by atoms with Gasteiger partial charge in [0.2, 0.25) is 0 Å². The maximum absolute atomic E-state index is 12.8. The number of nitrogens with one attached hydrogen (secondary N) is 1. The monoisotopic (exact) mass is 362 g/mol. The van der Waals surface area contributed by atoms with Gasteiger partial charge in [-0.05, 0) is 62.2 Å². The van der Waals surface area contributed by atoms with E-state index in [1.54, 1.807) is 44.6 Å². The van der Waals surface area contributed by atoms with Gasteiger partial charge in [-0.15, -0.1) is 0 Å². The topological polar surface area (TPSA) is 71.3 Å². The summed E-state index contributed by atoms with van der Waals surface area (Å²) in [5.41, 5.74) is 3.62. The van der Waals surface area contributed by atoms with Crippen LogP contribution in [-0.4, -0.2) is 25.5 Å². The van der Waals surface area contributed by atoms with Gasteiger partial charge in [0.1, 0.15) is 0 Å². The van der Waals surface area contributed by atoms with E-state index in [0.29, 0.717) is 22.6 Å².